The maximum atomic E-state index is 13.7. The lowest BCUT2D eigenvalue weighted by atomic mass is 10.2. The van der Waals surface area contributed by atoms with E-state index in [4.69, 9.17) is 4.42 Å². The largest absolute Gasteiger partial charge is 0.464 e. The van der Waals surface area contributed by atoms with Crippen molar-refractivity contribution in [2.24, 2.45) is 0 Å². The van der Waals surface area contributed by atoms with Crippen LogP contribution in [-0.4, -0.2) is 9.97 Å². The van der Waals surface area contributed by atoms with Crippen molar-refractivity contribution in [1.82, 2.24) is 9.97 Å². The molecule has 0 aliphatic heterocycles. The maximum Gasteiger partial charge on any atom is 0.186 e. The summed E-state index contributed by atoms with van der Waals surface area (Å²) in [6, 6.07) is 10.0. The number of hydrogen-bond acceptors (Lipinski definition) is 2. The van der Waals surface area contributed by atoms with Crippen LogP contribution >= 0.6 is 0 Å². The van der Waals surface area contributed by atoms with Gasteiger partial charge in [0.25, 0.3) is 0 Å². The maximum absolute atomic E-state index is 13.7. The minimum absolute atomic E-state index is 0.00900. The fourth-order valence-corrected chi connectivity index (χ4v) is 2.31. The highest BCUT2D eigenvalue weighted by molar-refractivity contribution is 5.94. The molecular formula is C15H8F2N2O. The van der Waals surface area contributed by atoms with Crippen LogP contribution in [0.5, 0.6) is 0 Å². The third-order valence-corrected chi connectivity index (χ3v) is 3.28. The molecule has 4 aromatic rings. The minimum atomic E-state index is -0.946. The highest BCUT2D eigenvalue weighted by Crippen LogP contribution is 2.30. The van der Waals surface area contributed by atoms with Gasteiger partial charge in [-0.05, 0) is 18.2 Å². The topological polar surface area (TPSA) is 41.8 Å². The predicted molar refractivity (Wildman–Crippen MR) is 71.2 cm³/mol. The number of aromatic amines is 1. The fraction of sp³-hybridized carbons (Fsp3) is 0. The summed E-state index contributed by atoms with van der Waals surface area (Å²) in [5.74, 6) is -1.40. The number of benzene rings is 2. The number of rotatable bonds is 1. The zero-order valence-corrected chi connectivity index (χ0v) is 10.2. The first-order valence-corrected chi connectivity index (χ1v) is 6.04. The van der Waals surface area contributed by atoms with Gasteiger partial charge in [-0.25, -0.2) is 13.8 Å². The molecule has 2 aromatic heterocycles. The van der Waals surface area contributed by atoms with Crippen molar-refractivity contribution >= 4 is 22.0 Å². The van der Waals surface area contributed by atoms with E-state index < -0.39 is 11.6 Å². The molecule has 0 aliphatic carbocycles. The average molecular weight is 270 g/mol. The molecule has 5 heteroatoms. The lowest BCUT2D eigenvalue weighted by Gasteiger charge is -1.91. The van der Waals surface area contributed by atoms with Crippen LogP contribution in [0.2, 0.25) is 0 Å². The standard InChI is InChI=1S/C15H8F2N2O/c16-10-5-6-11-14(13(10)17)19-15(18-11)9-7-20-12-4-2-1-3-8(9)12/h1-7H,(H,18,19). The smallest absolute Gasteiger partial charge is 0.186 e. The zero-order valence-electron chi connectivity index (χ0n) is 10.2. The van der Waals surface area contributed by atoms with E-state index in [1.807, 2.05) is 24.3 Å². The third-order valence-electron chi connectivity index (χ3n) is 3.28. The van der Waals surface area contributed by atoms with Gasteiger partial charge in [0.2, 0.25) is 0 Å². The van der Waals surface area contributed by atoms with Crippen LogP contribution in [0.1, 0.15) is 0 Å². The summed E-state index contributed by atoms with van der Waals surface area (Å²) in [6.07, 6.45) is 1.55. The number of nitrogens with one attached hydrogen (secondary N) is 1. The number of nitrogens with zero attached hydrogens (tertiary/aromatic N) is 1. The molecular weight excluding hydrogens is 262 g/mol. The normalized spacial score (nSPS) is 11.5. The zero-order chi connectivity index (χ0) is 13.7. The minimum Gasteiger partial charge on any atom is -0.464 e. The summed E-state index contributed by atoms with van der Waals surface area (Å²) in [5.41, 5.74) is 1.88. The lowest BCUT2D eigenvalue weighted by molar-refractivity contribution is 0.515. The van der Waals surface area contributed by atoms with Gasteiger partial charge in [0.15, 0.2) is 11.6 Å². The van der Waals surface area contributed by atoms with Crippen molar-refractivity contribution in [3.8, 4) is 11.4 Å². The molecule has 0 aliphatic rings. The van der Waals surface area contributed by atoms with E-state index in [0.717, 1.165) is 22.6 Å². The van der Waals surface area contributed by atoms with E-state index >= 15 is 0 Å². The van der Waals surface area contributed by atoms with Gasteiger partial charge in [-0.1, -0.05) is 18.2 Å². The quantitative estimate of drug-likeness (QED) is 0.561. The highest BCUT2D eigenvalue weighted by Gasteiger charge is 2.15. The molecule has 20 heavy (non-hydrogen) atoms. The number of furan rings is 1. The first-order chi connectivity index (χ1) is 9.74. The molecule has 0 bridgehead atoms. The van der Waals surface area contributed by atoms with E-state index in [1.165, 1.54) is 6.07 Å². The van der Waals surface area contributed by atoms with E-state index in [-0.39, 0.29) is 5.52 Å². The second-order valence-corrected chi connectivity index (χ2v) is 4.49. The molecule has 0 amide bonds. The van der Waals surface area contributed by atoms with Crippen molar-refractivity contribution in [2.45, 2.75) is 0 Å². The number of hydrogen-bond donors (Lipinski definition) is 1. The van der Waals surface area contributed by atoms with Crippen LogP contribution in [0.4, 0.5) is 8.78 Å². The number of para-hydroxylation sites is 1. The van der Waals surface area contributed by atoms with E-state index in [9.17, 15) is 8.78 Å². The van der Waals surface area contributed by atoms with Crippen LogP contribution in [0.15, 0.2) is 47.1 Å². The Morgan fingerprint density at radius 2 is 1.90 bits per heavy atom. The number of fused-ring (bicyclic) bond motifs is 2. The van der Waals surface area contributed by atoms with Crippen molar-refractivity contribution in [3.05, 3.63) is 54.3 Å². The SMILES string of the molecule is Fc1ccc2[nH]c(-c3coc4ccccc34)nc2c1F. The van der Waals surface area contributed by atoms with Crippen LogP contribution in [0, 0.1) is 11.6 Å². The van der Waals surface area contributed by atoms with Crippen LogP contribution in [0.25, 0.3) is 33.4 Å². The average Bonchev–Trinajstić information content (AvgIpc) is 3.06. The second-order valence-electron chi connectivity index (χ2n) is 4.49. The molecule has 2 aromatic carbocycles. The third kappa shape index (κ3) is 1.46. The summed E-state index contributed by atoms with van der Waals surface area (Å²) in [6.45, 7) is 0. The molecule has 0 fully saturated rings. The Bertz CT molecular complexity index is 940. The van der Waals surface area contributed by atoms with Crippen LogP contribution in [0.3, 0.4) is 0 Å². The van der Waals surface area contributed by atoms with Gasteiger partial charge >= 0.3 is 0 Å². The Hall–Kier alpha value is -2.69. The van der Waals surface area contributed by atoms with Gasteiger partial charge in [0.05, 0.1) is 11.1 Å². The number of aromatic nitrogens is 2. The molecule has 0 saturated heterocycles. The van der Waals surface area contributed by atoms with Gasteiger partial charge in [-0.3, -0.25) is 0 Å². The van der Waals surface area contributed by atoms with Crippen LogP contribution in [-0.2, 0) is 0 Å². The van der Waals surface area contributed by atoms with Crippen molar-refractivity contribution in [1.29, 1.82) is 0 Å². The molecule has 98 valence electrons. The lowest BCUT2D eigenvalue weighted by Crippen LogP contribution is -1.84. The predicted octanol–water partition coefficient (Wildman–Crippen LogP) is 4.25. The molecule has 0 atom stereocenters. The molecule has 0 unspecified atom stereocenters. The van der Waals surface area contributed by atoms with Gasteiger partial charge in [0.1, 0.15) is 23.2 Å². The summed E-state index contributed by atoms with van der Waals surface area (Å²) in [4.78, 5) is 7.12. The summed E-state index contributed by atoms with van der Waals surface area (Å²) < 4.78 is 32.3. The first kappa shape index (κ1) is 11.2. The van der Waals surface area contributed by atoms with Crippen molar-refractivity contribution in [3.63, 3.8) is 0 Å². The van der Waals surface area contributed by atoms with E-state index in [0.29, 0.717) is 11.3 Å². The van der Waals surface area contributed by atoms with Crippen molar-refractivity contribution < 1.29 is 13.2 Å². The molecule has 0 radical (unpaired) electrons. The monoisotopic (exact) mass is 270 g/mol. The second kappa shape index (κ2) is 3.90. The van der Waals surface area contributed by atoms with Gasteiger partial charge in [-0.2, -0.15) is 0 Å². The Morgan fingerprint density at radius 1 is 1.05 bits per heavy atom. The summed E-state index contributed by atoms with van der Waals surface area (Å²) >= 11 is 0. The number of H-pyrrole nitrogens is 1. The van der Waals surface area contributed by atoms with Gasteiger partial charge in [-0.15, -0.1) is 0 Å². The van der Waals surface area contributed by atoms with Gasteiger partial charge in [0, 0.05) is 5.39 Å². The Kier molecular flexibility index (Phi) is 2.18. The molecule has 1 N–H and O–H groups in total. The fourth-order valence-electron chi connectivity index (χ4n) is 2.31. The van der Waals surface area contributed by atoms with Crippen LogP contribution < -0.4 is 0 Å². The number of imidazole rings is 1. The van der Waals surface area contributed by atoms with E-state index in [2.05, 4.69) is 9.97 Å². The highest BCUT2D eigenvalue weighted by atomic mass is 19.2. The summed E-state index contributed by atoms with van der Waals surface area (Å²) in [7, 11) is 0. The molecule has 3 nitrogen and oxygen atoms in total. The first-order valence-electron chi connectivity index (χ1n) is 6.04. The molecule has 0 spiro atoms. The van der Waals surface area contributed by atoms with E-state index in [1.54, 1.807) is 6.26 Å². The Labute approximate surface area is 111 Å². The van der Waals surface area contributed by atoms with Crippen molar-refractivity contribution in [2.75, 3.05) is 0 Å². The Balaban J connectivity index is 2.01. The summed E-state index contributed by atoms with van der Waals surface area (Å²) in [5, 5.41) is 0.868. The number of halogens is 2. The molecule has 0 saturated carbocycles. The van der Waals surface area contributed by atoms with Gasteiger partial charge < -0.3 is 9.40 Å². The molecule has 2 heterocycles. The molecule has 4 rings (SSSR count). The Morgan fingerprint density at radius 3 is 2.80 bits per heavy atom.